The Bertz CT molecular complexity index is 1010. The highest BCUT2D eigenvalue weighted by Gasteiger charge is 2.40. The number of carboxylic acid groups (broad SMARTS) is 1. The van der Waals surface area contributed by atoms with E-state index in [0.29, 0.717) is 63.0 Å². The van der Waals surface area contributed by atoms with Gasteiger partial charge in [0.25, 0.3) is 5.91 Å². The highest BCUT2D eigenvalue weighted by atomic mass is 32.2. The van der Waals surface area contributed by atoms with Gasteiger partial charge in [-0.05, 0) is 18.6 Å². The zero-order valence-electron chi connectivity index (χ0n) is 24.1. The van der Waals surface area contributed by atoms with Gasteiger partial charge in [-0.15, -0.1) is 0 Å². The number of nitrogens with one attached hydrogen (secondary N) is 1. The van der Waals surface area contributed by atoms with Crippen LogP contribution in [-0.4, -0.2) is 118 Å². The average molecular weight is 565 g/mol. The number of piperidine rings is 1. The summed E-state index contributed by atoms with van der Waals surface area (Å²) in [7, 11) is 0. The molecule has 0 bridgehead atoms. The van der Waals surface area contributed by atoms with Crippen LogP contribution in [0.4, 0.5) is 10.6 Å². The second-order valence-electron chi connectivity index (χ2n) is 11.7. The van der Waals surface area contributed by atoms with Crippen molar-refractivity contribution in [2.24, 2.45) is 11.8 Å². The Kier molecular flexibility index (Phi) is 10.8. The van der Waals surface area contributed by atoms with Crippen molar-refractivity contribution in [2.45, 2.75) is 52.5 Å². The Labute approximate surface area is 236 Å². The molecule has 2 N–H and O–H groups in total. The Hall–Kier alpha value is -2.60. The number of anilines is 1. The zero-order chi connectivity index (χ0) is 28.7. The maximum absolute atomic E-state index is 14.2. The van der Waals surface area contributed by atoms with Gasteiger partial charge in [0.2, 0.25) is 5.91 Å². The van der Waals surface area contributed by atoms with Crippen molar-refractivity contribution in [3.63, 3.8) is 0 Å². The van der Waals surface area contributed by atoms with E-state index in [4.69, 9.17) is 9.72 Å². The van der Waals surface area contributed by atoms with Crippen LogP contribution in [0.3, 0.4) is 0 Å². The number of hydrogen-bond donors (Lipinski definition) is 2. The molecular weight excluding hydrogens is 520 g/mol. The van der Waals surface area contributed by atoms with Gasteiger partial charge < -0.3 is 29.9 Å². The normalized spacial score (nSPS) is 20.2. The molecule has 0 radical (unpaired) electrons. The zero-order valence-corrected chi connectivity index (χ0v) is 24.9. The smallest absolute Gasteiger partial charge is 0.407 e. The minimum Gasteiger partial charge on any atom is -0.465 e. The predicted octanol–water partition coefficient (Wildman–Crippen LogP) is 2.87. The Morgan fingerprint density at radius 1 is 1.21 bits per heavy atom. The third kappa shape index (κ3) is 8.20. The van der Waals surface area contributed by atoms with Gasteiger partial charge >= 0.3 is 6.09 Å². The lowest BCUT2D eigenvalue weighted by Crippen LogP contribution is -2.58. The van der Waals surface area contributed by atoms with Crippen molar-refractivity contribution in [3.8, 4) is 0 Å². The summed E-state index contributed by atoms with van der Waals surface area (Å²) in [6.45, 7) is 13.4. The first kappa shape index (κ1) is 30.9. The number of morpholine rings is 1. The molecule has 2 saturated heterocycles. The molecule has 2 aliphatic rings. The minimum absolute atomic E-state index is 0.0801. The molecule has 0 spiro atoms. The van der Waals surface area contributed by atoms with E-state index in [0.717, 1.165) is 5.75 Å². The molecular formula is C27H44N6O5S. The number of likely N-dealkylation sites (tertiary alicyclic amines) is 1. The maximum Gasteiger partial charge on any atom is 0.407 e. The van der Waals surface area contributed by atoms with Crippen molar-refractivity contribution in [1.82, 2.24) is 24.7 Å². The first-order valence-electron chi connectivity index (χ1n) is 13.7. The summed E-state index contributed by atoms with van der Waals surface area (Å²) in [5.74, 6) is 1.22. The molecule has 1 aromatic heterocycles. The van der Waals surface area contributed by atoms with Crippen molar-refractivity contribution < 1.29 is 24.2 Å². The molecule has 39 heavy (non-hydrogen) atoms. The fourth-order valence-corrected chi connectivity index (χ4v) is 5.23. The monoisotopic (exact) mass is 564 g/mol. The summed E-state index contributed by atoms with van der Waals surface area (Å²) in [5.41, 5.74) is 0.0568. The van der Waals surface area contributed by atoms with Crippen LogP contribution in [0, 0.1) is 11.8 Å². The number of hydrogen-bond acceptors (Lipinski definition) is 8. The molecule has 0 aromatic carbocycles. The molecule has 1 aromatic rings. The molecule has 0 saturated carbocycles. The Morgan fingerprint density at radius 3 is 2.49 bits per heavy atom. The molecule has 3 rings (SSSR count). The van der Waals surface area contributed by atoms with Crippen molar-refractivity contribution in [2.75, 3.05) is 69.8 Å². The van der Waals surface area contributed by atoms with Gasteiger partial charge in [-0.25, -0.2) is 14.8 Å². The summed E-state index contributed by atoms with van der Waals surface area (Å²) >= 11 is 1.69. The molecule has 218 valence electrons. The second-order valence-corrected chi connectivity index (χ2v) is 12.7. The van der Waals surface area contributed by atoms with E-state index in [1.54, 1.807) is 27.8 Å². The Morgan fingerprint density at radius 2 is 1.90 bits per heavy atom. The van der Waals surface area contributed by atoms with Crippen LogP contribution in [0.15, 0.2) is 6.20 Å². The quantitative estimate of drug-likeness (QED) is 0.435. The van der Waals surface area contributed by atoms with E-state index in [2.05, 4.69) is 10.3 Å². The molecule has 0 aliphatic carbocycles. The number of aromatic nitrogens is 2. The SMILES string of the molecule is CSCCNc1nc(C(C)(C)C)ncc1C(=O)N(CC(C)C)[C@H]1C[C@@H](C(=O)N2CCOCC2)CN(C(=O)O)C1. The standard InChI is InChI=1S/C27H44N6O5S/c1-18(2)15-33(24(35)21-14-29-25(27(3,4)5)30-22(21)28-7-12-39-6)20-13-19(16-32(17-20)26(36)37)23(34)31-8-10-38-11-9-31/h14,18-20H,7-13,15-17H2,1-6H3,(H,36,37)(H,28,29,30)/t19-,20+/m1/s1. The fourth-order valence-electron chi connectivity index (χ4n) is 4.93. The van der Waals surface area contributed by atoms with E-state index in [-0.39, 0.29) is 36.2 Å². The first-order chi connectivity index (χ1) is 18.4. The van der Waals surface area contributed by atoms with E-state index in [1.807, 2.05) is 40.9 Å². The molecule has 11 nitrogen and oxygen atoms in total. The highest BCUT2D eigenvalue weighted by molar-refractivity contribution is 7.98. The summed E-state index contributed by atoms with van der Waals surface area (Å²) in [4.78, 5) is 53.7. The summed E-state index contributed by atoms with van der Waals surface area (Å²) in [6.07, 6.45) is 2.91. The van der Waals surface area contributed by atoms with Gasteiger partial charge in [0, 0.05) is 56.6 Å². The molecule has 2 atom stereocenters. The van der Waals surface area contributed by atoms with E-state index < -0.39 is 18.1 Å². The number of amides is 3. The fraction of sp³-hybridized carbons (Fsp3) is 0.741. The van der Waals surface area contributed by atoms with Crippen LogP contribution in [0.25, 0.3) is 0 Å². The molecule has 2 fully saturated rings. The van der Waals surface area contributed by atoms with Gasteiger partial charge in [0.05, 0.1) is 25.2 Å². The van der Waals surface area contributed by atoms with Gasteiger partial charge in [0.1, 0.15) is 17.2 Å². The van der Waals surface area contributed by atoms with Crippen molar-refractivity contribution >= 4 is 35.5 Å². The van der Waals surface area contributed by atoms with Crippen LogP contribution in [-0.2, 0) is 14.9 Å². The minimum atomic E-state index is -1.09. The number of rotatable bonds is 9. The van der Waals surface area contributed by atoms with Crippen LogP contribution in [0.2, 0.25) is 0 Å². The van der Waals surface area contributed by atoms with Crippen molar-refractivity contribution in [1.29, 1.82) is 0 Å². The van der Waals surface area contributed by atoms with Gasteiger partial charge in [-0.1, -0.05) is 34.6 Å². The molecule has 2 aliphatic heterocycles. The lowest BCUT2D eigenvalue weighted by atomic mass is 9.91. The van der Waals surface area contributed by atoms with Crippen LogP contribution < -0.4 is 5.32 Å². The molecule has 0 unspecified atom stereocenters. The predicted molar refractivity (Wildman–Crippen MR) is 152 cm³/mol. The topological polar surface area (TPSA) is 128 Å². The van der Waals surface area contributed by atoms with Gasteiger partial charge in [-0.2, -0.15) is 11.8 Å². The van der Waals surface area contributed by atoms with Crippen LogP contribution in [0.1, 0.15) is 57.2 Å². The third-order valence-electron chi connectivity index (χ3n) is 6.92. The number of carbonyl (C=O) groups excluding carboxylic acids is 2. The largest absolute Gasteiger partial charge is 0.465 e. The highest BCUT2D eigenvalue weighted by Crippen LogP contribution is 2.28. The Balaban J connectivity index is 1.95. The van der Waals surface area contributed by atoms with Gasteiger partial charge in [-0.3, -0.25) is 9.59 Å². The van der Waals surface area contributed by atoms with E-state index >= 15 is 0 Å². The lowest BCUT2D eigenvalue weighted by molar-refractivity contribution is -0.142. The van der Waals surface area contributed by atoms with Crippen LogP contribution >= 0.6 is 11.8 Å². The maximum atomic E-state index is 14.2. The molecule has 12 heteroatoms. The third-order valence-corrected chi connectivity index (χ3v) is 7.54. The summed E-state index contributed by atoms with van der Waals surface area (Å²) < 4.78 is 5.39. The first-order valence-corrected chi connectivity index (χ1v) is 15.1. The van der Waals surface area contributed by atoms with Gasteiger partial charge in [0.15, 0.2) is 0 Å². The summed E-state index contributed by atoms with van der Waals surface area (Å²) in [5, 5.41) is 13.2. The summed E-state index contributed by atoms with van der Waals surface area (Å²) in [6, 6.07) is -0.457. The number of carbonyl (C=O) groups is 3. The number of ether oxygens (including phenoxy) is 1. The second kappa shape index (κ2) is 13.6. The van der Waals surface area contributed by atoms with Crippen LogP contribution in [0.5, 0.6) is 0 Å². The lowest BCUT2D eigenvalue weighted by Gasteiger charge is -2.43. The number of thioether (sulfide) groups is 1. The van der Waals surface area contributed by atoms with Crippen molar-refractivity contribution in [3.05, 3.63) is 17.6 Å². The van der Waals surface area contributed by atoms with E-state index in [9.17, 15) is 19.5 Å². The van der Waals surface area contributed by atoms with E-state index in [1.165, 1.54) is 4.90 Å². The molecule has 3 heterocycles. The average Bonchev–Trinajstić information content (AvgIpc) is 2.90. The number of nitrogens with zero attached hydrogens (tertiary/aromatic N) is 5. The molecule has 3 amide bonds.